The van der Waals surface area contributed by atoms with Gasteiger partial charge in [0.25, 0.3) is 5.56 Å². The largest absolute Gasteiger partial charge is 0.487 e. The molecule has 0 radical (unpaired) electrons. The van der Waals surface area contributed by atoms with Crippen molar-refractivity contribution in [1.82, 2.24) is 14.0 Å². The summed E-state index contributed by atoms with van der Waals surface area (Å²) in [5.74, 6) is 0.0399. The normalized spacial score (nSPS) is 14.1. The van der Waals surface area contributed by atoms with Gasteiger partial charge in [-0.2, -0.15) is 0 Å². The van der Waals surface area contributed by atoms with Crippen LogP contribution in [0, 0.1) is 5.82 Å². The highest BCUT2D eigenvalue weighted by Crippen LogP contribution is 2.36. The fourth-order valence-corrected chi connectivity index (χ4v) is 4.99. The predicted molar refractivity (Wildman–Crippen MR) is 116 cm³/mol. The predicted octanol–water partition coefficient (Wildman–Crippen LogP) is 4.68. The van der Waals surface area contributed by atoms with E-state index in [9.17, 15) is 9.18 Å². The molecule has 1 aliphatic rings. The molecular formula is C22H17ClFN3O2S. The van der Waals surface area contributed by atoms with Crippen molar-refractivity contribution < 1.29 is 9.13 Å². The molecule has 0 atom stereocenters. The zero-order valence-electron chi connectivity index (χ0n) is 15.8. The number of fused-ring (bicyclic) bond motifs is 3. The molecule has 1 aromatic carbocycles. The molecule has 0 saturated carbocycles. The third kappa shape index (κ3) is 3.71. The zero-order valence-corrected chi connectivity index (χ0v) is 17.4. The lowest BCUT2D eigenvalue weighted by Crippen LogP contribution is -2.20. The number of nitrogens with zero attached hydrogens (tertiary/aromatic N) is 3. The second kappa shape index (κ2) is 7.83. The molecule has 1 aliphatic heterocycles. The third-order valence-corrected chi connectivity index (χ3v) is 6.68. The maximum absolute atomic E-state index is 12.9. The van der Waals surface area contributed by atoms with Crippen molar-refractivity contribution >= 4 is 33.2 Å². The smallest absolute Gasteiger partial charge is 0.258 e. The first kappa shape index (κ1) is 19.2. The fourth-order valence-electron chi connectivity index (χ4n) is 3.60. The average molecular weight is 442 g/mol. The molecule has 0 fully saturated rings. The van der Waals surface area contributed by atoms with E-state index in [0.717, 1.165) is 30.2 Å². The Morgan fingerprint density at radius 2 is 2.10 bits per heavy atom. The summed E-state index contributed by atoms with van der Waals surface area (Å²) in [6.07, 6.45) is 3.78. The summed E-state index contributed by atoms with van der Waals surface area (Å²) in [7, 11) is 0. The van der Waals surface area contributed by atoms with E-state index < -0.39 is 5.82 Å². The van der Waals surface area contributed by atoms with Crippen LogP contribution in [-0.4, -0.2) is 20.5 Å². The average Bonchev–Trinajstić information content (AvgIpc) is 3.10. The van der Waals surface area contributed by atoms with Crippen LogP contribution >= 0.6 is 23.1 Å². The molecule has 0 bridgehead atoms. The second-order valence-corrected chi connectivity index (χ2v) is 8.72. The molecule has 5 rings (SSSR count). The van der Waals surface area contributed by atoms with Gasteiger partial charge < -0.3 is 4.74 Å². The number of hydrogen-bond acceptors (Lipinski definition) is 5. The summed E-state index contributed by atoms with van der Waals surface area (Å²) < 4.78 is 23.2. The number of thiophene rings is 1. The SMILES string of the molecule is O=c1cc(OCc2ccc(F)cn2)ccn1-c1ccc2sc3c(c2c1)CN(Cl)CC3. The number of benzene rings is 1. The van der Waals surface area contributed by atoms with Crippen LogP contribution in [0.2, 0.25) is 0 Å². The zero-order chi connectivity index (χ0) is 20.7. The number of hydrogen-bond donors (Lipinski definition) is 0. The standard InChI is InChI=1S/C22H17ClFN3O2S/c23-26-7-6-21-19(12-26)18-9-16(3-4-20(18)30-21)27-8-5-17(10-22(27)28)29-13-15-2-1-14(24)11-25-15/h1-5,8-11H,6-7,12-13H2. The van der Waals surface area contributed by atoms with E-state index in [2.05, 4.69) is 11.1 Å². The summed E-state index contributed by atoms with van der Waals surface area (Å²) in [6.45, 7) is 1.72. The van der Waals surface area contributed by atoms with Gasteiger partial charge in [-0.25, -0.2) is 8.81 Å². The van der Waals surface area contributed by atoms with Gasteiger partial charge >= 0.3 is 0 Å². The second-order valence-electron chi connectivity index (χ2n) is 7.11. The molecule has 4 aromatic rings. The quantitative estimate of drug-likeness (QED) is 0.431. The molecule has 5 nitrogen and oxygen atoms in total. The van der Waals surface area contributed by atoms with Crippen molar-refractivity contribution in [3.8, 4) is 11.4 Å². The fraction of sp³-hybridized carbons (Fsp3) is 0.182. The topological polar surface area (TPSA) is 47.4 Å². The highest BCUT2D eigenvalue weighted by atomic mass is 35.5. The molecule has 0 spiro atoms. The van der Waals surface area contributed by atoms with E-state index in [-0.39, 0.29) is 12.2 Å². The van der Waals surface area contributed by atoms with Crippen molar-refractivity contribution in [1.29, 1.82) is 0 Å². The van der Waals surface area contributed by atoms with Gasteiger partial charge in [-0.1, -0.05) is 0 Å². The van der Waals surface area contributed by atoms with E-state index in [4.69, 9.17) is 16.5 Å². The van der Waals surface area contributed by atoms with Crippen LogP contribution in [0.3, 0.4) is 0 Å². The Bertz CT molecular complexity index is 1290. The van der Waals surface area contributed by atoms with Crippen LogP contribution in [0.5, 0.6) is 5.75 Å². The van der Waals surface area contributed by atoms with Crippen molar-refractivity contribution in [3.63, 3.8) is 0 Å². The minimum atomic E-state index is -0.399. The third-order valence-electron chi connectivity index (χ3n) is 5.11. The number of ether oxygens (including phenoxy) is 1. The monoisotopic (exact) mass is 441 g/mol. The van der Waals surface area contributed by atoms with Gasteiger partial charge in [0.05, 0.1) is 11.9 Å². The molecular weight excluding hydrogens is 425 g/mol. The van der Waals surface area contributed by atoms with Crippen molar-refractivity contribution in [3.05, 3.63) is 87.2 Å². The van der Waals surface area contributed by atoms with E-state index >= 15 is 0 Å². The van der Waals surface area contributed by atoms with E-state index in [1.165, 1.54) is 27.3 Å². The van der Waals surface area contributed by atoms with Gasteiger partial charge in [-0.15, -0.1) is 11.3 Å². The summed E-state index contributed by atoms with van der Waals surface area (Å²) in [4.78, 5) is 18.0. The van der Waals surface area contributed by atoms with Crippen molar-refractivity contribution in [2.45, 2.75) is 19.6 Å². The van der Waals surface area contributed by atoms with Crippen molar-refractivity contribution in [2.75, 3.05) is 6.54 Å². The molecule has 3 aromatic heterocycles. The molecule has 8 heteroatoms. The Hall–Kier alpha value is -2.74. The summed E-state index contributed by atoms with van der Waals surface area (Å²) in [6, 6.07) is 12.1. The first-order valence-electron chi connectivity index (χ1n) is 9.48. The van der Waals surface area contributed by atoms with Crippen LogP contribution in [0.15, 0.2) is 59.7 Å². The molecule has 0 N–H and O–H groups in total. The van der Waals surface area contributed by atoms with E-state index in [0.29, 0.717) is 18.0 Å². The van der Waals surface area contributed by atoms with Crippen LogP contribution in [0.4, 0.5) is 4.39 Å². The van der Waals surface area contributed by atoms with Gasteiger partial charge in [0.2, 0.25) is 0 Å². The molecule has 0 unspecified atom stereocenters. The van der Waals surface area contributed by atoms with E-state index in [1.807, 2.05) is 12.1 Å². The van der Waals surface area contributed by atoms with Gasteiger partial charge in [0, 0.05) is 40.6 Å². The van der Waals surface area contributed by atoms with Gasteiger partial charge in [-0.05, 0) is 65.5 Å². The van der Waals surface area contributed by atoms with Crippen LogP contribution < -0.4 is 10.3 Å². The summed E-state index contributed by atoms with van der Waals surface area (Å²) in [5, 5.41) is 1.15. The Labute approximate surface area is 181 Å². The molecule has 30 heavy (non-hydrogen) atoms. The van der Waals surface area contributed by atoms with Crippen LogP contribution in [0.1, 0.15) is 16.1 Å². The highest BCUT2D eigenvalue weighted by Gasteiger charge is 2.20. The lowest BCUT2D eigenvalue weighted by atomic mass is 10.1. The first-order chi connectivity index (χ1) is 14.6. The number of aromatic nitrogens is 2. The number of pyridine rings is 2. The number of rotatable bonds is 4. The lowest BCUT2D eigenvalue weighted by Gasteiger charge is -2.19. The Kier molecular flexibility index (Phi) is 5.02. The summed E-state index contributed by atoms with van der Waals surface area (Å²) in [5.41, 5.74) is 2.44. The highest BCUT2D eigenvalue weighted by molar-refractivity contribution is 7.19. The lowest BCUT2D eigenvalue weighted by molar-refractivity contribution is 0.300. The summed E-state index contributed by atoms with van der Waals surface area (Å²) >= 11 is 8.02. The maximum atomic E-state index is 12.9. The maximum Gasteiger partial charge on any atom is 0.258 e. The van der Waals surface area contributed by atoms with Gasteiger partial charge in [-0.3, -0.25) is 14.3 Å². The van der Waals surface area contributed by atoms with Crippen LogP contribution in [-0.2, 0) is 19.6 Å². The minimum absolute atomic E-state index is 0.158. The Balaban J connectivity index is 1.41. The molecule has 4 heterocycles. The minimum Gasteiger partial charge on any atom is -0.487 e. The molecule has 152 valence electrons. The van der Waals surface area contributed by atoms with Crippen molar-refractivity contribution in [2.24, 2.45) is 0 Å². The van der Waals surface area contributed by atoms with Gasteiger partial charge in [0.15, 0.2) is 0 Å². The molecule has 0 amide bonds. The Morgan fingerprint density at radius 1 is 1.20 bits per heavy atom. The first-order valence-corrected chi connectivity index (χ1v) is 10.6. The molecule has 0 saturated heterocycles. The van der Waals surface area contributed by atoms with Crippen LogP contribution in [0.25, 0.3) is 15.8 Å². The van der Waals surface area contributed by atoms with E-state index in [1.54, 1.807) is 38.7 Å². The number of halogens is 2. The Morgan fingerprint density at radius 3 is 2.90 bits per heavy atom. The molecule has 0 aliphatic carbocycles. The van der Waals surface area contributed by atoms with Gasteiger partial charge in [0.1, 0.15) is 18.2 Å².